The summed E-state index contributed by atoms with van der Waals surface area (Å²) in [6.07, 6.45) is 5.75. The van der Waals surface area contributed by atoms with Crippen molar-refractivity contribution in [2.24, 2.45) is 5.41 Å². The molecular weight excluding hydrogens is 302 g/mol. The van der Waals surface area contributed by atoms with Crippen LogP contribution >= 0.6 is 0 Å². The summed E-state index contributed by atoms with van der Waals surface area (Å²) < 4.78 is 0. The van der Waals surface area contributed by atoms with E-state index in [2.05, 4.69) is 22.5 Å². The van der Waals surface area contributed by atoms with Gasteiger partial charge in [-0.05, 0) is 56.4 Å². The minimum Gasteiger partial charge on any atom is -0.372 e. The van der Waals surface area contributed by atoms with E-state index in [-0.39, 0.29) is 11.8 Å². The lowest BCUT2D eigenvalue weighted by Gasteiger charge is -2.19. The van der Waals surface area contributed by atoms with E-state index >= 15 is 0 Å². The van der Waals surface area contributed by atoms with Crippen molar-refractivity contribution in [3.05, 3.63) is 24.3 Å². The number of amides is 2. The van der Waals surface area contributed by atoms with Crippen molar-refractivity contribution in [2.45, 2.75) is 45.4 Å². The first-order valence-corrected chi connectivity index (χ1v) is 9.10. The Balaban J connectivity index is 1.57. The molecule has 0 unspecified atom stereocenters. The van der Waals surface area contributed by atoms with E-state index in [0.29, 0.717) is 19.4 Å². The molecule has 24 heavy (non-hydrogen) atoms. The molecule has 1 aliphatic carbocycles. The van der Waals surface area contributed by atoms with Crippen molar-refractivity contribution >= 4 is 23.2 Å². The zero-order chi connectivity index (χ0) is 17.0. The third-order valence-corrected chi connectivity index (χ3v) is 5.03. The van der Waals surface area contributed by atoms with Gasteiger partial charge in [0.1, 0.15) is 5.41 Å². The second-order valence-corrected chi connectivity index (χ2v) is 6.89. The predicted molar refractivity (Wildman–Crippen MR) is 96.1 cm³/mol. The molecule has 1 saturated heterocycles. The molecule has 2 N–H and O–H groups in total. The van der Waals surface area contributed by atoms with Crippen LogP contribution in [0, 0.1) is 5.41 Å². The van der Waals surface area contributed by atoms with Crippen LogP contribution in [-0.4, -0.2) is 31.4 Å². The Morgan fingerprint density at radius 1 is 1.08 bits per heavy atom. The minimum absolute atomic E-state index is 0.123. The van der Waals surface area contributed by atoms with E-state index in [9.17, 15) is 9.59 Å². The number of carbonyl (C=O) groups excluding carboxylic acids is 2. The maximum Gasteiger partial charge on any atom is 0.240 e. The van der Waals surface area contributed by atoms with E-state index in [1.54, 1.807) is 0 Å². The Hall–Kier alpha value is -2.04. The lowest BCUT2D eigenvalue weighted by molar-refractivity contribution is -0.134. The van der Waals surface area contributed by atoms with Gasteiger partial charge in [-0.15, -0.1) is 0 Å². The number of benzene rings is 1. The Bertz CT molecular complexity index is 587. The summed E-state index contributed by atoms with van der Waals surface area (Å²) >= 11 is 0. The van der Waals surface area contributed by atoms with Crippen molar-refractivity contribution < 1.29 is 9.59 Å². The molecule has 2 fully saturated rings. The monoisotopic (exact) mass is 329 g/mol. The maximum absolute atomic E-state index is 12.5. The second kappa shape index (κ2) is 7.24. The first-order valence-electron chi connectivity index (χ1n) is 9.10. The molecule has 3 rings (SSSR count). The number of nitrogens with zero attached hydrogens (tertiary/aromatic N) is 1. The first kappa shape index (κ1) is 16.8. The second-order valence-electron chi connectivity index (χ2n) is 6.89. The number of nitrogens with one attached hydrogen (secondary N) is 2. The summed E-state index contributed by atoms with van der Waals surface area (Å²) in [5.41, 5.74) is 1.11. The molecule has 1 saturated carbocycles. The van der Waals surface area contributed by atoms with Crippen molar-refractivity contribution in [2.75, 3.05) is 29.9 Å². The van der Waals surface area contributed by atoms with Crippen LogP contribution in [0.5, 0.6) is 0 Å². The van der Waals surface area contributed by atoms with E-state index in [1.807, 2.05) is 24.3 Å². The van der Waals surface area contributed by atoms with Crippen LogP contribution < -0.4 is 15.5 Å². The number of carbonyl (C=O) groups is 2. The van der Waals surface area contributed by atoms with Gasteiger partial charge < -0.3 is 15.5 Å². The number of rotatable bonds is 7. The summed E-state index contributed by atoms with van der Waals surface area (Å²) in [6, 6.07) is 7.94. The highest BCUT2D eigenvalue weighted by Crippen LogP contribution is 2.46. The van der Waals surface area contributed by atoms with Crippen LogP contribution in [0.25, 0.3) is 0 Å². The number of hydrogen-bond acceptors (Lipinski definition) is 3. The smallest absolute Gasteiger partial charge is 0.240 e. The molecule has 5 nitrogen and oxygen atoms in total. The Morgan fingerprint density at radius 2 is 1.75 bits per heavy atom. The van der Waals surface area contributed by atoms with Gasteiger partial charge in [0.2, 0.25) is 11.8 Å². The van der Waals surface area contributed by atoms with Gasteiger partial charge in [-0.1, -0.05) is 13.3 Å². The highest BCUT2D eigenvalue weighted by atomic mass is 16.2. The van der Waals surface area contributed by atoms with Gasteiger partial charge in [0.25, 0.3) is 0 Å². The Labute approximate surface area is 143 Å². The summed E-state index contributed by atoms with van der Waals surface area (Å²) in [5, 5.41) is 5.81. The largest absolute Gasteiger partial charge is 0.372 e. The molecule has 0 aromatic heterocycles. The molecule has 0 bridgehead atoms. The van der Waals surface area contributed by atoms with Crippen LogP contribution in [0.1, 0.15) is 45.4 Å². The minimum atomic E-state index is -0.846. The van der Waals surface area contributed by atoms with Crippen LogP contribution in [-0.2, 0) is 9.59 Å². The fraction of sp³-hybridized carbons (Fsp3) is 0.579. The lowest BCUT2D eigenvalue weighted by Crippen LogP contribution is -2.40. The molecule has 2 aliphatic rings. The van der Waals surface area contributed by atoms with Crippen LogP contribution in [0.3, 0.4) is 0 Å². The van der Waals surface area contributed by atoms with Gasteiger partial charge in [-0.25, -0.2) is 0 Å². The standard InChI is InChI=1S/C19H27N3O2/c1-2-3-12-20-17(23)19(10-11-19)18(24)21-15-6-8-16(9-7-15)22-13-4-5-14-22/h6-9H,2-5,10-14H2,1H3,(H,20,23)(H,21,24). The molecule has 0 radical (unpaired) electrons. The molecule has 0 spiro atoms. The fourth-order valence-electron chi connectivity index (χ4n) is 3.21. The highest BCUT2D eigenvalue weighted by Gasteiger charge is 2.56. The summed E-state index contributed by atoms with van der Waals surface area (Å²) in [5.74, 6) is -0.299. The average molecular weight is 329 g/mol. The molecule has 1 aromatic carbocycles. The van der Waals surface area contributed by atoms with Crippen molar-refractivity contribution in [1.29, 1.82) is 0 Å². The summed E-state index contributed by atoms with van der Waals surface area (Å²) in [6.45, 7) is 4.94. The zero-order valence-corrected chi connectivity index (χ0v) is 14.4. The maximum atomic E-state index is 12.5. The van der Waals surface area contributed by atoms with Gasteiger partial charge in [0, 0.05) is 31.0 Å². The quantitative estimate of drug-likeness (QED) is 0.597. The number of anilines is 2. The molecule has 1 heterocycles. The van der Waals surface area contributed by atoms with Gasteiger partial charge in [0.15, 0.2) is 0 Å². The molecule has 2 amide bonds. The topological polar surface area (TPSA) is 61.4 Å². The summed E-state index contributed by atoms with van der Waals surface area (Å²) in [4.78, 5) is 27.2. The van der Waals surface area contributed by atoms with Crippen LogP contribution in [0.4, 0.5) is 11.4 Å². The molecular formula is C19H27N3O2. The third-order valence-electron chi connectivity index (χ3n) is 5.03. The fourth-order valence-corrected chi connectivity index (χ4v) is 3.21. The SMILES string of the molecule is CCCCNC(=O)C1(C(=O)Nc2ccc(N3CCCC3)cc2)CC1. The molecule has 130 valence electrons. The van der Waals surface area contributed by atoms with Crippen LogP contribution in [0.2, 0.25) is 0 Å². The highest BCUT2D eigenvalue weighted by molar-refractivity contribution is 6.13. The Kier molecular flexibility index (Phi) is 5.07. The van der Waals surface area contributed by atoms with Gasteiger partial charge in [-0.2, -0.15) is 0 Å². The van der Waals surface area contributed by atoms with E-state index in [0.717, 1.165) is 31.6 Å². The zero-order valence-electron chi connectivity index (χ0n) is 14.4. The molecule has 1 aromatic rings. The van der Waals surface area contributed by atoms with E-state index < -0.39 is 5.41 Å². The molecule has 5 heteroatoms. The predicted octanol–water partition coefficient (Wildman–Crippen LogP) is 2.92. The van der Waals surface area contributed by atoms with E-state index in [1.165, 1.54) is 18.5 Å². The Morgan fingerprint density at radius 3 is 2.33 bits per heavy atom. The normalized spacial score (nSPS) is 18.3. The molecule has 1 aliphatic heterocycles. The van der Waals surface area contributed by atoms with Crippen LogP contribution in [0.15, 0.2) is 24.3 Å². The lowest BCUT2D eigenvalue weighted by atomic mass is 10.0. The third kappa shape index (κ3) is 3.55. The average Bonchev–Trinajstić information content (AvgIpc) is 3.24. The van der Waals surface area contributed by atoms with Crippen molar-refractivity contribution in [1.82, 2.24) is 5.32 Å². The first-order chi connectivity index (χ1) is 11.7. The summed E-state index contributed by atoms with van der Waals surface area (Å²) in [7, 11) is 0. The van der Waals surface area contributed by atoms with Crippen molar-refractivity contribution in [3.8, 4) is 0 Å². The van der Waals surface area contributed by atoms with Crippen molar-refractivity contribution in [3.63, 3.8) is 0 Å². The van der Waals surface area contributed by atoms with Gasteiger partial charge in [0.05, 0.1) is 0 Å². The number of unbranched alkanes of at least 4 members (excludes halogenated alkanes) is 1. The van der Waals surface area contributed by atoms with Gasteiger partial charge >= 0.3 is 0 Å². The van der Waals surface area contributed by atoms with Gasteiger partial charge in [-0.3, -0.25) is 9.59 Å². The number of hydrogen-bond donors (Lipinski definition) is 2. The molecule has 0 atom stereocenters. The van der Waals surface area contributed by atoms with E-state index in [4.69, 9.17) is 0 Å².